The van der Waals surface area contributed by atoms with Gasteiger partial charge in [0, 0.05) is 6.61 Å². The van der Waals surface area contributed by atoms with Crippen LogP contribution in [0.4, 0.5) is 0 Å². The van der Waals surface area contributed by atoms with Crippen LogP contribution in [0.1, 0.15) is 25.6 Å². The van der Waals surface area contributed by atoms with Crippen molar-refractivity contribution in [3.8, 4) is 0 Å². The van der Waals surface area contributed by atoms with Gasteiger partial charge in [-0.05, 0) is 32.0 Å². The number of nitrogens with one attached hydrogen (secondary N) is 2. The second-order valence-electron chi connectivity index (χ2n) is 3.20. The Balaban J connectivity index is 2.34. The van der Waals surface area contributed by atoms with Crippen LogP contribution in [0.3, 0.4) is 0 Å². The second kappa shape index (κ2) is 2.67. The number of H-pyrrole nitrogens is 2. The summed E-state index contributed by atoms with van der Waals surface area (Å²) in [6.07, 6.45) is 2.09. The van der Waals surface area contributed by atoms with Gasteiger partial charge in [-0.3, -0.25) is 10.2 Å². The molecule has 1 aromatic heterocycles. The smallest absolute Gasteiger partial charge is 0.213 e. The SMILES string of the molecule is CC1(c2nc(=S)[nH][nH]2)CCCO1. The minimum atomic E-state index is -0.256. The van der Waals surface area contributed by atoms with Gasteiger partial charge in [0.25, 0.3) is 0 Å². The lowest BCUT2D eigenvalue weighted by Gasteiger charge is -2.18. The Hall–Kier alpha value is -0.680. The fourth-order valence-corrected chi connectivity index (χ4v) is 1.63. The highest BCUT2D eigenvalue weighted by molar-refractivity contribution is 7.71. The van der Waals surface area contributed by atoms with Crippen LogP contribution in [0.15, 0.2) is 0 Å². The lowest BCUT2D eigenvalue weighted by Crippen LogP contribution is -2.21. The maximum absolute atomic E-state index is 5.58. The van der Waals surface area contributed by atoms with Crippen LogP contribution in [-0.4, -0.2) is 21.8 Å². The molecule has 5 heteroatoms. The largest absolute Gasteiger partial charge is 0.367 e. The maximum atomic E-state index is 5.58. The first-order chi connectivity index (χ1) is 5.71. The van der Waals surface area contributed by atoms with Crippen molar-refractivity contribution in [3.63, 3.8) is 0 Å². The average Bonchev–Trinajstić information content (AvgIpc) is 2.59. The van der Waals surface area contributed by atoms with E-state index in [1.165, 1.54) is 0 Å². The molecular weight excluding hydrogens is 174 g/mol. The van der Waals surface area contributed by atoms with Crippen LogP contribution in [0.25, 0.3) is 0 Å². The fraction of sp³-hybridized carbons (Fsp3) is 0.714. The third-order valence-electron chi connectivity index (χ3n) is 2.22. The topological polar surface area (TPSA) is 53.7 Å². The highest BCUT2D eigenvalue weighted by Gasteiger charge is 2.34. The molecule has 0 aromatic carbocycles. The standard InChI is InChI=1S/C7H11N3OS/c1-7(3-2-4-11-7)5-8-6(12)10-9-5/h2-4H2,1H3,(H2,8,9,10,12). The van der Waals surface area contributed by atoms with Gasteiger partial charge in [0.05, 0.1) is 0 Å². The molecule has 1 aliphatic rings. The summed E-state index contributed by atoms with van der Waals surface area (Å²) in [5, 5.41) is 5.69. The molecule has 2 N–H and O–H groups in total. The Kier molecular flexibility index (Phi) is 1.77. The van der Waals surface area contributed by atoms with E-state index >= 15 is 0 Å². The normalized spacial score (nSPS) is 29.4. The van der Waals surface area contributed by atoms with Crippen molar-refractivity contribution in [2.75, 3.05) is 6.61 Å². The van der Waals surface area contributed by atoms with Gasteiger partial charge in [-0.15, -0.1) is 0 Å². The minimum Gasteiger partial charge on any atom is -0.367 e. The minimum absolute atomic E-state index is 0.256. The zero-order valence-corrected chi connectivity index (χ0v) is 7.70. The number of aromatic amines is 2. The summed E-state index contributed by atoms with van der Waals surface area (Å²) in [5.41, 5.74) is -0.256. The lowest BCUT2D eigenvalue weighted by atomic mass is 10.0. The van der Waals surface area contributed by atoms with Crippen molar-refractivity contribution in [2.45, 2.75) is 25.4 Å². The summed E-state index contributed by atoms with van der Waals surface area (Å²) in [6.45, 7) is 2.84. The first kappa shape index (κ1) is 7.94. The quantitative estimate of drug-likeness (QED) is 0.652. The van der Waals surface area contributed by atoms with Gasteiger partial charge in [-0.1, -0.05) is 0 Å². The van der Waals surface area contributed by atoms with E-state index in [4.69, 9.17) is 17.0 Å². The summed E-state index contributed by atoms with van der Waals surface area (Å²) < 4.78 is 6.07. The van der Waals surface area contributed by atoms with E-state index < -0.39 is 0 Å². The molecule has 1 atom stereocenters. The van der Waals surface area contributed by atoms with E-state index in [0.29, 0.717) is 4.77 Å². The number of nitrogens with zero attached hydrogens (tertiary/aromatic N) is 1. The van der Waals surface area contributed by atoms with Crippen LogP contribution in [0.2, 0.25) is 0 Å². The van der Waals surface area contributed by atoms with Crippen molar-refractivity contribution < 1.29 is 4.74 Å². The molecule has 2 rings (SSSR count). The molecule has 1 unspecified atom stereocenters. The first-order valence-electron chi connectivity index (χ1n) is 4.00. The van der Waals surface area contributed by atoms with Crippen LogP contribution in [-0.2, 0) is 10.3 Å². The third kappa shape index (κ3) is 1.19. The molecule has 1 aromatic rings. The van der Waals surface area contributed by atoms with E-state index in [2.05, 4.69) is 15.2 Å². The van der Waals surface area contributed by atoms with E-state index in [1.54, 1.807) is 0 Å². The zero-order chi connectivity index (χ0) is 8.60. The number of hydrogen-bond donors (Lipinski definition) is 2. The molecule has 0 bridgehead atoms. The molecule has 1 saturated heterocycles. The van der Waals surface area contributed by atoms with Gasteiger partial charge in [0.1, 0.15) is 5.60 Å². The molecule has 0 spiro atoms. The van der Waals surface area contributed by atoms with E-state index in [1.807, 2.05) is 6.92 Å². The van der Waals surface area contributed by atoms with Gasteiger partial charge < -0.3 is 4.74 Å². The van der Waals surface area contributed by atoms with Crippen LogP contribution < -0.4 is 0 Å². The van der Waals surface area contributed by atoms with E-state index in [0.717, 1.165) is 25.3 Å². The Labute approximate surface area is 75.3 Å². The Bertz CT molecular complexity index is 323. The molecule has 0 saturated carbocycles. The van der Waals surface area contributed by atoms with Crippen molar-refractivity contribution in [1.82, 2.24) is 15.2 Å². The van der Waals surface area contributed by atoms with Gasteiger partial charge in [-0.2, -0.15) is 0 Å². The molecule has 0 amide bonds. The monoisotopic (exact) mass is 185 g/mol. The highest BCUT2D eigenvalue weighted by Crippen LogP contribution is 2.32. The van der Waals surface area contributed by atoms with Gasteiger partial charge in [0.15, 0.2) is 5.82 Å². The van der Waals surface area contributed by atoms with Crippen molar-refractivity contribution in [3.05, 3.63) is 10.6 Å². The number of aromatic nitrogens is 3. The summed E-state index contributed by atoms with van der Waals surface area (Å²) in [7, 11) is 0. The van der Waals surface area contributed by atoms with Gasteiger partial charge >= 0.3 is 0 Å². The first-order valence-corrected chi connectivity index (χ1v) is 4.41. The summed E-state index contributed by atoms with van der Waals surface area (Å²) in [5.74, 6) is 0.810. The van der Waals surface area contributed by atoms with Crippen molar-refractivity contribution in [2.24, 2.45) is 0 Å². The third-order valence-corrected chi connectivity index (χ3v) is 2.41. The number of hydrogen-bond acceptors (Lipinski definition) is 3. The molecule has 0 aliphatic carbocycles. The van der Waals surface area contributed by atoms with Gasteiger partial charge in [0.2, 0.25) is 4.77 Å². The fourth-order valence-electron chi connectivity index (χ4n) is 1.49. The predicted molar refractivity (Wildman–Crippen MR) is 46.3 cm³/mol. The maximum Gasteiger partial charge on any atom is 0.213 e. The summed E-state index contributed by atoms with van der Waals surface area (Å²) >= 11 is 4.86. The van der Waals surface area contributed by atoms with E-state index in [9.17, 15) is 0 Å². The van der Waals surface area contributed by atoms with E-state index in [-0.39, 0.29) is 5.60 Å². The number of ether oxygens (including phenoxy) is 1. The van der Waals surface area contributed by atoms with Crippen LogP contribution in [0, 0.1) is 4.77 Å². The Morgan fingerprint density at radius 2 is 2.42 bits per heavy atom. The molecule has 66 valence electrons. The predicted octanol–water partition coefficient (Wildman–Crippen LogP) is 1.49. The van der Waals surface area contributed by atoms with Gasteiger partial charge in [-0.25, -0.2) is 4.98 Å². The Morgan fingerprint density at radius 3 is 2.92 bits per heavy atom. The molecule has 4 nitrogen and oxygen atoms in total. The lowest BCUT2D eigenvalue weighted by molar-refractivity contribution is 0.00962. The van der Waals surface area contributed by atoms with Crippen LogP contribution >= 0.6 is 12.2 Å². The second-order valence-corrected chi connectivity index (χ2v) is 3.59. The molecule has 2 heterocycles. The van der Waals surface area contributed by atoms with Crippen LogP contribution in [0.5, 0.6) is 0 Å². The zero-order valence-electron chi connectivity index (χ0n) is 6.89. The summed E-state index contributed by atoms with van der Waals surface area (Å²) in [6, 6.07) is 0. The molecule has 1 aliphatic heterocycles. The molecule has 0 radical (unpaired) electrons. The average molecular weight is 185 g/mol. The molecular formula is C7H11N3OS. The van der Waals surface area contributed by atoms with Crippen molar-refractivity contribution in [1.29, 1.82) is 0 Å². The number of rotatable bonds is 1. The summed E-state index contributed by atoms with van der Waals surface area (Å²) in [4.78, 5) is 4.14. The Morgan fingerprint density at radius 1 is 1.58 bits per heavy atom. The highest BCUT2D eigenvalue weighted by atomic mass is 32.1. The van der Waals surface area contributed by atoms with Crippen molar-refractivity contribution >= 4 is 12.2 Å². The molecule has 12 heavy (non-hydrogen) atoms. The molecule has 1 fully saturated rings.